The van der Waals surface area contributed by atoms with Gasteiger partial charge in [0.2, 0.25) is 0 Å². The van der Waals surface area contributed by atoms with Gasteiger partial charge in [0, 0.05) is 6.07 Å². The van der Waals surface area contributed by atoms with Gasteiger partial charge in [-0.1, -0.05) is 6.07 Å². The summed E-state index contributed by atoms with van der Waals surface area (Å²) in [7, 11) is 0. The van der Waals surface area contributed by atoms with Gasteiger partial charge in [-0.3, -0.25) is 5.84 Å². The molecule has 2 nitrogen and oxygen atoms in total. The van der Waals surface area contributed by atoms with E-state index in [9.17, 15) is 17.6 Å². The fraction of sp³-hybridized carbons (Fsp3) is 0.0769. The van der Waals surface area contributed by atoms with Crippen molar-refractivity contribution in [3.8, 4) is 0 Å². The molecule has 0 saturated heterocycles. The molecule has 0 amide bonds. The Morgan fingerprint density at radius 3 is 1.95 bits per heavy atom. The van der Waals surface area contributed by atoms with Gasteiger partial charge < -0.3 is 0 Å². The Hall–Kier alpha value is -1.92. The smallest absolute Gasteiger partial charge is 0.159 e. The Balaban J connectivity index is 2.46. The van der Waals surface area contributed by atoms with Crippen LogP contribution in [0.2, 0.25) is 0 Å². The molecule has 2 rings (SSSR count). The summed E-state index contributed by atoms with van der Waals surface area (Å²) in [5.74, 6) is 1.68. The molecule has 0 heterocycles. The van der Waals surface area contributed by atoms with Gasteiger partial charge in [-0.2, -0.15) is 0 Å². The van der Waals surface area contributed by atoms with Crippen LogP contribution in [0, 0.1) is 23.3 Å². The third-order valence-corrected chi connectivity index (χ3v) is 2.66. The summed E-state index contributed by atoms with van der Waals surface area (Å²) in [5.41, 5.74) is 2.74. The number of halogens is 4. The second-order valence-corrected chi connectivity index (χ2v) is 3.98. The van der Waals surface area contributed by atoms with E-state index in [1.807, 2.05) is 0 Å². The molecular weight excluding hydrogens is 260 g/mol. The fourth-order valence-electron chi connectivity index (χ4n) is 1.82. The highest BCUT2D eigenvalue weighted by Gasteiger charge is 2.16. The maximum Gasteiger partial charge on any atom is 0.159 e. The maximum absolute atomic E-state index is 13.2. The van der Waals surface area contributed by atoms with E-state index < -0.39 is 29.3 Å². The summed E-state index contributed by atoms with van der Waals surface area (Å²) in [6.07, 6.45) is 0. The molecule has 3 N–H and O–H groups in total. The van der Waals surface area contributed by atoms with Crippen LogP contribution < -0.4 is 11.3 Å². The molecule has 2 aromatic rings. The molecule has 2 aromatic carbocycles. The highest BCUT2D eigenvalue weighted by atomic mass is 19.2. The lowest BCUT2D eigenvalue weighted by Gasteiger charge is -2.17. The van der Waals surface area contributed by atoms with Crippen LogP contribution >= 0.6 is 0 Å². The average molecular weight is 270 g/mol. The zero-order valence-corrected chi connectivity index (χ0v) is 9.63. The zero-order chi connectivity index (χ0) is 14.0. The molecule has 0 bridgehead atoms. The van der Waals surface area contributed by atoms with Crippen molar-refractivity contribution in [1.29, 1.82) is 0 Å². The molecule has 0 fully saturated rings. The summed E-state index contributed by atoms with van der Waals surface area (Å²) in [4.78, 5) is 0. The highest BCUT2D eigenvalue weighted by molar-refractivity contribution is 5.32. The number of nitrogens with one attached hydrogen (secondary N) is 1. The van der Waals surface area contributed by atoms with E-state index in [0.717, 1.165) is 24.3 Å². The Kier molecular flexibility index (Phi) is 3.82. The lowest BCUT2D eigenvalue weighted by atomic mass is 9.99. The molecule has 1 unspecified atom stereocenters. The quantitative estimate of drug-likeness (QED) is 0.511. The van der Waals surface area contributed by atoms with E-state index in [-0.39, 0.29) is 11.1 Å². The van der Waals surface area contributed by atoms with Crippen molar-refractivity contribution in [1.82, 2.24) is 5.43 Å². The predicted octanol–water partition coefficient (Wildman–Crippen LogP) is 2.80. The largest absolute Gasteiger partial charge is 0.271 e. The zero-order valence-electron chi connectivity index (χ0n) is 9.63. The lowest BCUT2D eigenvalue weighted by Crippen LogP contribution is -2.29. The van der Waals surface area contributed by atoms with Gasteiger partial charge in [-0.05, 0) is 35.4 Å². The molecule has 0 aliphatic rings. The molecule has 0 aliphatic carbocycles. The molecule has 6 heteroatoms. The van der Waals surface area contributed by atoms with Gasteiger partial charge in [-0.25, -0.2) is 23.0 Å². The standard InChI is InChI=1S/C13H10F4N2/c14-9-3-8(4-10(15)6-9)13(19-18)7-1-2-11(16)12(17)5-7/h1-6,13,19H,18H2. The van der Waals surface area contributed by atoms with Gasteiger partial charge in [-0.15, -0.1) is 0 Å². The molecule has 1 atom stereocenters. The summed E-state index contributed by atoms with van der Waals surface area (Å²) in [6, 6.07) is 5.12. The van der Waals surface area contributed by atoms with E-state index in [0.29, 0.717) is 6.07 Å². The molecule has 0 aromatic heterocycles. The Morgan fingerprint density at radius 2 is 1.42 bits per heavy atom. The molecule has 0 saturated carbocycles. The summed E-state index contributed by atoms with van der Waals surface area (Å²) >= 11 is 0. The van der Waals surface area contributed by atoms with Crippen LogP contribution in [0.3, 0.4) is 0 Å². The number of hydrogen-bond acceptors (Lipinski definition) is 2. The molecular formula is C13H10F4N2. The second kappa shape index (κ2) is 5.38. The number of hydrogen-bond donors (Lipinski definition) is 2. The molecule has 0 aliphatic heterocycles. The van der Waals surface area contributed by atoms with Crippen molar-refractivity contribution in [2.24, 2.45) is 5.84 Å². The molecule has 0 spiro atoms. The molecule has 100 valence electrons. The van der Waals surface area contributed by atoms with Gasteiger partial charge in [0.25, 0.3) is 0 Å². The summed E-state index contributed by atoms with van der Waals surface area (Å²) < 4.78 is 52.3. The van der Waals surface area contributed by atoms with Crippen molar-refractivity contribution in [2.75, 3.05) is 0 Å². The van der Waals surface area contributed by atoms with Crippen LogP contribution in [0.1, 0.15) is 17.2 Å². The second-order valence-electron chi connectivity index (χ2n) is 3.98. The normalized spacial score (nSPS) is 12.5. The van der Waals surface area contributed by atoms with Crippen LogP contribution in [0.5, 0.6) is 0 Å². The first kappa shape index (κ1) is 13.5. The van der Waals surface area contributed by atoms with Gasteiger partial charge >= 0.3 is 0 Å². The number of benzene rings is 2. The molecule has 19 heavy (non-hydrogen) atoms. The van der Waals surface area contributed by atoms with E-state index >= 15 is 0 Å². The van der Waals surface area contributed by atoms with E-state index in [1.165, 1.54) is 6.07 Å². The van der Waals surface area contributed by atoms with E-state index in [1.54, 1.807) is 0 Å². The van der Waals surface area contributed by atoms with E-state index in [2.05, 4.69) is 5.43 Å². The van der Waals surface area contributed by atoms with Crippen LogP contribution in [-0.4, -0.2) is 0 Å². The van der Waals surface area contributed by atoms with Gasteiger partial charge in [0.15, 0.2) is 11.6 Å². The SMILES string of the molecule is NNC(c1cc(F)cc(F)c1)c1ccc(F)c(F)c1. The van der Waals surface area contributed by atoms with Crippen LogP contribution in [0.25, 0.3) is 0 Å². The molecule has 0 radical (unpaired) electrons. The number of rotatable bonds is 3. The summed E-state index contributed by atoms with van der Waals surface area (Å²) in [6.45, 7) is 0. The van der Waals surface area contributed by atoms with Crippen LogP contribution in [0.4, 0.5) is 17.6 Å². The minimum absolute atomic E-state index is 0.172. The van der Waals surface area contributed by atoms with Crippen molar-refractivity contribution in [2.45, 2.75) is 6.04 Å². The topological polar surface area (TPSA) is 38.0 Å². The third-order valence-electron chi connectivity index (χ3n) is 2.66. The first-order valence-corrected chi connectivity index (χ1v) is 5.38. The maximum atomic E-state index is 13.2. The van der Waals surface area contributed by atoms with Crippen molar-refractivity contribution in [3.63, 3.8) is 0 Å². The van der Waals surface area contributed by atoms with Gasteiger partial charge in [0.1, 0.15) is 11.6 Å². The predicted molar refractivity (Wildman–Crippen MR) is 61.9 cm³/mol. The minimum atomic E-state index is -1.06. The van der Waals surface area contributed by atoms with Crippen molar-refractivity contribution >= 4 is 0 Å². The Bertz CT molecular complexity index is 581. The van der Waals surface area contributed by atoms with Crippen LogP contribution in [-0.2, 0) is 0 Å². The third kappa shape index (κ3) is 2.91. The Labute approximate surface area is 106 Å². The fourth-order valence-corrected chi connectivity index (χ4v) is 1.82. The first-order chi connectivity index (χ1) is 9.01. The first-order valence-electron chi connectivity index (χ1n) is 5.38. The highest BCUT2D eigenvalue weighted by Crippen LogP contribution is 2.24. The van der Waals surface area contributed by atoms with Gasteiger partial charge in [0.05, 0.1) is 6.04 Å². The Morgan fingerprint density at radius 1 is 0.789 bits per heavy atom. The summed E-state index contributed by atoms with van der Waals surface area (Å²) in [5, 5.41) is 0. The lowest BCUT2D eigenvalue weighted by molar-refractivity contribution is 0.503. The number of nitrogens with two attached hydrogens (primary N) is 1. The van der Waals surface area contributed by atoms with Crippen molar-refractivity contribution in [3.05, 3.63) is 70.8 Å². The van der Waals surface area contributed by atoms with Crippen molar-refractivity contribution < 1.29 is 17.6 Å². The average Bonchev–Trinajstić information content (AvgIpc) is 2.33. The number of hydrazine groups is 1. The van der Waals surface area contributed by atoms with E-state index in [4.69, 9.17) is 5.84 Å². The minimum Gasteiger partial charge on any atom is -0.271 e. The van der Waals surface area contributed by atoms with Crippen LogP contribution in [0.15, 0.2) is 36.4 Å². The monoisotopic (exact) mass is 270 g/mol.